The summed E-state index contributed by atoms with van der Waals surface area (Å²) in [7, 11) is 0. The number of halogens is 2. The molecule has 1 amide bonds. The Morgan fingerprint density at radius 2 is 1.62 bits per heavy atom. The van der Waals surface area contributed by atoms with Crippen LogP contribution in [0.4, 0.5) is 0 Å². The zero-order valence-electron chi connectivity index (χ0n) is 12.3. The van der Waals surface area contributed by atoms with Crippen LogP contribution in [-0.4, -0.2) is 17.2 Å². The topological polar surface area (TPSA) is 61.7 Å². The van der Waals surface area contributed by atoms with Crippen LogP contribution in [0.25, 0.3) is 10.8 Å². The summed E-state index contributed by atoms with van der Waals surface area (Å²) in [6, 6.07) is 15.6. The molecule has 120 valence electrons. The Kier molecular flexibility index (Phi) is 4.69. The number of fused-ring (bicyclic) bond motifs is 1. The Hall–Kier alpha value is -2.56. The third kappa shape index (κ3) is 3.35. The first-order valence-corrected chi connectivity index (χ1v) is 7.81. The number of aromatic hydroxyl groups is 1. The van der Waals surface area contributed by atoms with Crippen molar-refractivity contribution in [3.05, 3.63) is 75.8 Å². The maximum Gasteiger partial charge on any atom is 0.275 e. The molecule has 0 aliphatic rings. The monoisotopic (exact) mass is 358 g/mol. The fourth-order valence-corrected chi connectivity index (χ4v) is 2.75. The highest BCUT2D eigenvalue weighted by atomic mass is 35.5. The molecule has 3 aromatic rings. The van der Waals surface area contributed by atoms with E-state index >= 15 is 0 Å². The number of nitrogens with zero attached hydrogens (tertiary/aromatic N) is 1. The molecule has 0 radical (unpaired) electrons. The lowest BCUT2D eigenvalue weighted by atomic mass is 10.1. The van der Waals surface area contributed by atoms with Gasteiger partial charge in [-0.15, -0.1) is 0 Å². The van der Waals surface area contributed by atoms with Crippen LogP contribution in [0.5, 0.6) is 5.75 Å². The molecule has 0 saturated carbocycles. The summed E-state index contributed by atoms with van der Waals surface area (Å²) < 4.78 is 0. The van der Waals surface area contributed by atoms with Crippen molar-refractivity contribution in [2.45, 2.75) is 0 Å². The number of benzene rings is 3. The Morgan fingerprint density at radius 1 is 1.00 bits per heavy atom. The number of hydrogen-bond donors (Lipinski definition) is 2. The van der Waals surface area contributed by atoms with E-state index in [4.69, 9.17) is 23.2 Å². The highest BCUT2D eigenvalue weighted by Gasteiger charge is 2.12. The van der Waals surface area contributed by atoms with Crippen LogP contribution in [0.3, 0.4) is 0 Å². The van der Waals surface area contributed by atoms with E-state index in [-0.39, 0.29) is 11.3 Å². The number of phenolic OH excluding ortho intramolecular Hbond substituents is 1. The van der Waals surface area contributed by atoms with E-state index in [1.54, 1.807) is 30.3 Å². The Balaban J connectivity index is 1.83. The third-order valence-electron chi connectivity index (χ3n) is 3.47. The molecule has 2 N–H and O–H groups in total. The van der Waals surface area contributed by atoms with Gasteiger partial charge in [0.2, 0.25) is 0 Å². The van der Waals surface area contributed by atoms with Crippen LogP contribution in [0.2, 0.25) is 10.0 Å². The highest BCUT2D eigenvalue weighted by molar-refractivity contribution is 6.38. The van der Waals surface area contributed by atoms with E-state index in [0.29, 0.717) is 15.6 Å². The van der Waals surface area contributed by atoms with Gasteiger partial charge in [0, 0.05) is 5.56 Å². The molecule has 0 bridgehead atoms. The van der Waals surface area contributed by atoms with Gasteiger partial charge in [-0.3, -0.25) is 4.79 Å². The molecule has 3 rings (SSSR count). The van der Waals surface area contributed by atoms with E-state index in [9.17, 15) is 9.90 Å². The molecular weight excluding hydrogens is 347 g/mol. The number of carbonyl (C=O) groups is 1. The molecule has 0 aliphatic heterocycles. The molecule has 0 heterocycles. The number of amides is 1. The molecule has 4 nitrogen and oxygen atoms in total. The van der Waals surface area contributed by atoms with Gasteiger partial charge in [0.1, 0.15) is 5.75 Å². The minimum atomic E-state index is -0.530. The van der Waals surface area contributed by atoms with Crippen LogP contribution < -0.4 is 5.43 Å². The van der Waals surface area contributed by atoms with Crippen molar-refractivity contribution in [1.82, 2.24) is 5.43 Å². The first-order chi connectivity index (χ1) is 11.6. The van der Waals surface area contributed by atoms with E-state index < -0.39 is 5.91 Å². The molecule has 0 atom stereocenters. The zero-order chi connectivity index (χ0) is 17.1. The number of phenols is 1. The molecule has 3 aromatic carbocycles. The van der Waals surface area contributed by atoms with Crippen molar-refractivity contribution >= 4 is 46.1 Å². The minimum Gasteiger partial charge on any atom is -0.507 e. The van der Waals surface area contributed by atoms with Gasteiger partial charge in [-0.05, 0) is 35.0 Å². The maximum atomic E-state index is 12.2. The van der Waals surface area contributed by atoms with E-state index in [2.05, 4.69) is 10.5 Å². The average molecular weight is 359 g/mol. The van der Waals surface area contributed by atoms with Crippen LogP contribution >= 0.6 is 23.2 Å². The highest BCUT2D eigenvalue weighted by Crippen LogP contribution is 2.25. The summed E-state index contributed by atoms with van der Waals surface area (Å²) in [6.45, 7) is 0. The normalized spacial score (nSPS) is 11.1. The number of carbonyl (C=O) groups excluding carboxylic acids is 1. The van der Waals surface area contributed by atoms with Crippen molar-refractivity contribution < 1.29 is 9.90 Å². The Labute approximate surface area is 148 Å². The van der Waals surface area contributed by atoms with Gasteiger partial charge in [-0.2, -0.15) is 5.10 Å². The van der Waals surface area contributed by atoms with Crippen molar-refractivity contribution in [2.75, 3.05) is 0 Å². The van der Waals surface area contributed by atoms with Crippen molar-refractivity contribution in [2.24, 2.45) is 5.10 Å². The minimum absolute atomic E-state index is 0.114. The fraction of sp³-hybridized carbons (Fsp3) is 0. The predicted octanol–water partition coefficient (Wildman–Crippen LogP) is 4.62. The molecular formula is C18H12Cl2N2O2. The summed E-state index contributed by atoms with van der Waals surface area (Å²) in [4.78, 5) is 12.2. The molecule has 0 aromatic heterocycles. The lowest BCUT2D eigenvalue weighted by Crippen LogP contribution is -2.17. The lowest BCUT2D eigenvalue weighted by molar-refractivity contribution is 0.0952. The summed E-state index contributed by atoms with van der Waals surface area (Å²) in [5.74, 6) is -0.644. The largest absolute Gasteiger partial charge is 0.507 e. The predicted molar refractivity (Wildman–Crippen MR) is 97.1 cm³/mol. The van der Waals surface area contributed by atoms with Crippen molar-refractivity contribution in [3.63, 3.8) is 0 Å². The van der Waals surface area contributed by atoms with Gasteiger partial charge in [-0.25, -0.2) is 5.43 Å². The van der Waals surface area contributed by atoms with Crippen LogP contribution in [0.1, 0.15) is 15.9 Å². The Bertz CT molecular complexity index is 935. The summed E-state index contributed by atoms with van der Waals surface area (Å²) >= 11 is 12.0. The molecule has 0 unspecified atom stereocenters. The molecule has 0 fully saturated rings. The van der Waals surface area contributed by atoms with Gasteiger partial charge in [-0.1, -0.05) is 53.5 Å². The fourth-order valence-electron chi connectivity index (χ4n) is 2.26. The summed E-state index contributed by atoms with van der Waals surface area (Å²) in [5.41, 5.74) is 3.00. The average Bonchev–Trinajstić information content (AvgIpc) is 2.56. The standard InChI is InChI=1S/C18H12Cl2N2O2/c19-15-6-3-7-16(20)14(15)10-21-22-18(24)13-8-11-4-1-2-5-12(11)9-17(13)23/h1-10,23H,(H,22,24)/b21-10-. The number of hydrogen-bond acceptors (Lipinski definition) is 3. The molecule has 6 heteroatoms. The number of rotatable bonds is 3. The molecule has 24 heavy (non-hydrogen) atoms. The first kappa shape index (κ1) is 16.3. The Morgan fingerprint density at radius 3 is 2.29 bits per heavy atom. The molecule has 0 saturated heterocycles. The second-order valence-electron chi connectivity index (χ2n) is 5.05. The second-order valence-corrected chi connectivity index (χ2v) is 5.87. The van der Waals surface area contributed by atoms with Crippen LogP contribution in [-0.2, 0) is 0 Å². The van der Waals surface area contributed by atoms with Crippen LogP contribution in [0, 0.1) is 0 Å². The summed E-state index contributed by atoms with van der Waals surface area (Å²) in [5, 5.41) is 16.4. The summed E-state index contributed by atoms with van der Waals surface area (Å²) in [6.07, 6.45) is 1.36. The number of nitrogens with one attached hydrogen (secondary N) is 1. The SMILES string of the molecule is O=C(N/N=C\c1c(Cl)cccc1Cl)c1cc2ccccc2cc1O. The maximum absolute atomic E-state index is 12.2. The second kappa shape index (κ2) is 6.91. The van der Waals surface area contributed by atoms with Gasteiger partial charge in [0.15, 0.2) is 0 Å². The van der Waals surface area contributed by atoms with E-state index in [1.807, 2.05) is 24.3 Å². The van der Waals surface area contributed by atoms with Crippen LogP contribution in [0.15, 0.2) is 59.7 Å². The van der Waals surface area contributed by atoms with Crippen molar-refractivity contribution in [1.29, 1.82) is 0 Å². The zero-order valence-corrected chi connectivity index (χ0v) is 13.8. The molecule has 0 spiro atoms. The van der Waals surface area contributed by atoms with Gasteiger partial charge >= 0.3 is 0 Å². The van der Waals surface area contributed by atoms with Crippen molar-refractivity contribution in [3.8, 4) is 5.75 Å². The van der Waals surface area contributed by atoms with Gasteiger partial charge < -0.3 is 5.11 Å². The third-order valence-corrected chi connectivity index (χ3v) is 4.13. The van der Waals surface area contributed by atoms with E-state index in [1.165, 1.54) is 6.21 Å². The van der Waals surface area contributed by atoms with E-state index in [0.717, 1.165) is 10.8 Å². The van der Waals surface area contributed by atoms with Gasteiger partial charge in [0.05, 0.1) is 21.8 Å². The smallest absolute Gasteiger partial charge is 0.275 e. The quantitative estimate of drug-likeness (QED) is 0.530. The first-order valence-electron chi connectivity index (χ1n) is 7.05. The number of hydrazone groups is 1. The molecule has 0 aliphatic carbocycles. The van der Waals surface area contributed by atoms with Gasteiger partial charge in [0.25, 0.3) is 5.91 Å². The lowest BCUT2D eigenvalue weighted by Gasteiger charge is -2.06.